The van der Waals surface area contributed by atoms with Crippen LogP contribution in [0.2, 0.25) is 0 Å². The summed E-state index contributed by atoms with van der Waals surface area (Å²) in [7, 11) is 4.81. The van der Waals surface area contributed by atoms with Gasteiger partial charge in [-0.1, -0.05) is 12.1 Å². The number of nitrogens with zero attached hydrogens (tertiary/aromatic N) is 4. The molecular formula is C25H25F2N5O2. The highest BCUT2D eigenvalue weighted by atomic mass is 19.1. The van der Waals surface area contributed by atoms with E-state index in [4.69, 9.17) is 15.0 Å². The van der Waals surface area contributed by atoms with Crippen LogP contribution in [0.3, 0.4) is 0 Å². The molecule has 0 amide bonds. The molecule has 4 rings (SSSR count). The Bertz CT molecular complexity index is 1330. The summed E-state index contributed by atoms with van der Waals surface area (Å²) in [6.45, 7) is 1.58. The van der Waals surface area contributed by atoms with E-state index in [0.29, 0.717) is 18.1 Å². The Morgan fingerprint density at radius 2 is 1.97 bits per heavy atom. The number of nitriles is 1. The Morgan fingerprint density at radius 1 is 1.24 bits per heavy atom. The van der Waals surface area contributed by atoms with Crippen molar-refractivity contribution in [1.82, 2.24) is 14.9 Å². The number of halogens is 2. The van der Waals surface area contributed by atoms with Gasteiger partial charge in [0.25, 0.3) is 5.56 Å². The molecule has 1 fully saturated rings. The summed E-state index contributed by atoms with van der Waals surface area (Å²) in [5.41, 5.74) is 0.420. The van der Waals surface area contributed by atoms with Crippen LogP contribution in [-0.2, 0) is 7.05 Å². The van der Waals surface area contributed by atoms with Crippen molar-refractivity contribution in [3.8, 4) is 34.2 Å². The van der Waals surface area contributed by atoms with E-state index in [-0.39, 0.29) is 34.2 Å². The lowest BCUT2D eigenvalue weighted by Crippen LogP contribution is -2.38. The summed E-state index contributed by atoms with van der Waals surface area (Å²) < 4.78 is 35.5. The van der Waals surface area contributed by atoms with Gasteiger partial charge in [0.1, 0.15) is 11.9 Å². The highest BCUT2D eigenvalue weighted by Gasteiger charge is 2.23. The van der Waals surface area contributed by atoms with E-state index < -0.39 is 17.2 Å². The maximum Gasteiger partial charge on any atom is 0.263 e. The Labute approximate surface area is 196 Å². The van der Waals surface area contributed by atoms with Crippen LogP contribution in [-0.4, -0.2) is 42.8 Å². The summed E-state index contributed by atoms with van der Waals surface area (Å²) in [5.74, 6) is -0.914. The minimum Gasteiger partial charge on any atom is -0.494 e. The van der Waals surface area contributed by atoms with E-state index in [1.165, 1.54) is 42.0 Å². The number of methoxy groups -OCH3 is 1. The van der Waals surface area contributed by atoms with Gasteiger partial charge in [-0.15, -0.1) is 0 Å². The molecule has 2 aromatic carbocycles. The number of nitrogens with one attached hydrogen (secondary N) is 1. The molecule has 3 aromatic rings. The van der Waals surface area contributed by atoms with E-state index in [1.54, 1.807) is 19.2 Å². The largest absolute Gasteiger partial charge is 0.494 e. The SMILES string of the molecule is COc1ccc(-c2c(-c3ccc(C#N)c(F)c3)nc(N(C)CC3CCCN3)n(C)c2=O)cc1F. The molecule has 176 valence electrons. The van der Waals surface area contributed by atoms with Crippen LogP contribution in [0.1, 0.15) is 18.4 Å². The predicted octanol–water partition coefficient (Wildman–Crippen LogP) is 3.46. The number of hydrogen-bond donors (Lipinski definition) is 1. The molecule has 9 heteroatoms. The first-order valence-electron chi connectivity index (χ1n) is 10.9. The van der Waals surface area contributed by atoms with Crippen molar-refractivity contribution in [2.24, 2.45) is 7.05 Å². The maximum atomic E-state index is 14.5. The third kappa shape index (κ3) is 4.37. The van der Waals surface area contributed by atoms with Crippen molar-refractivity contribution in [2.75, 3.05) is 32.1 Å². The lowest BCUT2D eigenvalue weighted by molar-refractivity contribution is 0.386. The molecule has 1 atom stereocenters. The molecule has 1 unspecified atom stereocenters. The third-order valence-electron chi connectivity index (χ3n) is 6.07. The van der Waals surface area contributed by atoms with Gasteiger partial charge in [0.2, 0.25) is 5.95 Å². The van der Waals surface area contributed by atoms with Gasteiger partial charge in [0.15, 0.2) is 11.6 Å². The van der Waals surface area contributed by atoms with Crippen LogP contribution in [0, 0.1) is 23.0 Å². The van der Waals surface area contributed by atoms with E-state index in [2.05, 4.69) is 5.32 Å². The fourth-order valence-corrected chi connectivity index (χ4v) is 4.30. The zero-order valence-corrected chi connectivity index (χ0v) is 19.2. The van der Waals surface area contributed by atoms with E-state index >= 15 is 0 Å². The standard InChI is InChI=1S/C25H25F2N5O2/c1-31(14-18-5-4-10-29-18)25-30-23(16-6-7-17(13-28)19(26)12-16)22(24(33)32(25)2)15-8-9-21(34-3)20(27)11-15/h6-9,11-12,18,29H,4-5,10,14H2,1-3H3. The molecule has 7 nitrogen and oxygen atoms in total. The van der Waals surface area contributed by atoms with Crippen molar-refractivity contribution >= 4 is 5.95 Å². The number of hydrogen-bond acceptors (Lipinski definition) is 6. The minimum absolute atomic E-state index is 0.0416. The van der Waals surface area contributed by atoms with Gasteiger partial charge >= 0.3 is 0 Å². The first-order valence-corrected chi connectivity index (χ1v) is 10.9. The minimum atomic E-state index is -0.723. The highest BCUT2D eigenvalue weighted by Crippen LogP contribution is 2.32. The van der Waals surface area contributed by atoms with Crippen LogP contribution in [0.4, 0.5) is 14.7 Å². The fraction of sp³-hybridized carbons (Fsp3) is 0.320. The number of aromatic nitrogens is 2. The smallest absolute Gasteiger partial charge is 0.263 e. The molecule has 1 aliphatic heterocycles. The van der Waals surface area contributed by atoms with Gasteiger partial charge in [0, 0.05) is 32.2 Å². The van der Waals surface area contributed by atoms with Crippen LogP contribution >= 0.6 is 0 Å². The predicted molar refractivity (Wildman–Crippen MR) is 126 cm³/mol. The number of rotatable bonds is 6. The van der Waals surface area contributed by atoms with Crippen molar-refractivity contribution in [2.45, 2.75) is 18.9 Å². The van der Waals surface area contributed by atoms with E-state index in [1.807, 2.05) is 11.9 Å². The molecular weight excluding hydrogens is 440 g/mol. The lowest BCUT2D eigenvalue weighted by Gasteiger charge is -2.25. The van der Waals surface area contributed by atoms with Gasteiger partial charge in [0.05, 0.1) is 23.9 Å². The summed E-state index contributed by atoms with van der Waals surface area (Å²) in [6.07, 6.45) is 2.11. The van der Waals surface area contributed by atoms with Crippen molar-refractivity contribution in [3.63, 3.8) is 0 Å². The van der Waals surface area contributed by atoms with Crippen molar-refractivity contribution < 1.29 is 13.5 Å². The second kappa shape index (κ2) is 9.61. The monoisotopic (exact) mass is 465 g/mol. The van der Waals surface area contributed by atoms with Gasteiger partial charge in [-0.3, -0.25) is 9.36 Å². The molecule has 2 heterocycles. The van der Waals surface area contributed by atoms with E-state index in [0.717, 1.165) is 19.4 Å². The lowest BCUT2D eigenvalue weighted by atomic mass is 9.99. The quantitative estimate of drug-likeness (QED) is 0.600. The molecule has 34 heavy (non-hydrogen) atoms. The number of anilines is 1. The molecule has 1 N–H and O–H groups in total. The summed E-state index contributed by atoms with van der Waals surface area (Å²) in [5, 5.41) is 12.5. The molecule has 0 saturated carbocycles. The van der Waals surface area contributed by atoms with Crippen LogP contribution in [0.15, 0.2) is 41.2 Å². The Balaban J connectivity index is 1.92. The zero-order valence-electron chi connectivity index (χ0n) is 19.2. The number of likely N-dealkylation sites (N-methyl/N-ethyl adjacent to an activating group) is 1. The Hall–Kier alpha value is -3.77. The third-order valence-corrected chi connectivity index (χ3v) is 6.07. The average Bonchev–Trinajstić information content (AvgIpc) is 3.33. The molecule has 0 aliphatic carbocycles. The Kier molecular flexibility index (Phi) is 6.61. The van der Waals surface area contributed by atoms with Crippen molar-refractivity contribution in [1.29, 1.82) is 5.26 Å². The highest BCUT2D eigenvalue weighted by molar-refractivity contribution is 5.81. The van der Waals surface area contributed by atoms with E-state index in [9.17, 15) is 13.6 Å². The normalized spacial score (nSPS) is 15.2. The summed E-state index contributed by atoms with van der Waals surface area (Å²) in [6, 6.07) is 10.3. The molecule has 1 aliphatic rings. The molecule has 0 bridgehead atoms. The summed E-state index contributed by atoms with van der Waals surface area (Å²) in [4.78, 5) is 20.2. The molecule has 1 aromatic heterocycles. The molecule has 1 saturated heterocycles. The second-order valence-electron chi connectivity index (χ2n) is 8.33. The van der Waals surface area contributed by atoms with Gasteiger partial charge in [-0.2, -0.15) is 5.26 Å². The average molecular weight is 466 g/mol. The Morgan fingerprint density at radius 3 is 2.59 bits per heavy atom. The first-order chi connectivity index (χ1) is 16.3. The maximum absolute atomic E-state index is 14.5. The fourth-order valence-electron chi connectivity index (χ4n) is 4.30. The first kappa shape index (κ1) is 23.4. The van der Waals surface area contributed by atoms with Gasteiger partial charge < -0.3 is 15.0 Å². The number of benzene rings is 2. The summed E-state index contributed by atoms with van der Waals surface area (Å²) >= 11 is 0. The van der Waals surface area contributed by atoms with Crippen LogP contribution in [0.5, 0.6) is 5.75 Å². The second-order valence-corrected chi connectivity index (χ2v) is 8.33. The van der Waals surface area contributed by atoms with Gasteiger partial charge in [-0.25, -0.2) is 13.8 Å². The zero-order chi connectivity index (χ0) is 24.4. The molecule has 0 spiro atoms. The topological polar surface area (TPSA) is 83.2 Å². The van der Waals surface area contributed by atoms with Crippen molar-refractivity contribution in [3.05, 3.63) is 63.9 Å². The van der Waals surface area contributed by atoms with Gasteiger partial charge in [-0.05, 0) is 49.2 Å². The molecule has 0 radical (unpaired) electrons. The van der Waals surface area contributed by atoms with Crippen LogP contribution < -0.4 is 20.5 Å². The van der Waals surface area contributed by atoms with Crippen LogP contribution in [0.25, 0.3) is 22.4 Å². The number of ether oxygens (including phenoxy) is 1.